The zero-order valence-corrected chi connectivity index (χ0v) is 15.6. The van der Waals surface area contributed by atoms with Crippen molar-refractivity contribution >= 4 is 11.8 Å². The lowest BCUT2D eigenvalue weighted by Gasteiger charge is -2.33. The fourth-order valence-electron chi connectivity index (χ4n) is 4.11. The van der Waals surface area contributed by atoms with Crippen LogP contribution in [-0.4, -0.2) is 60.4 Å². The van der Waals surface area contributed by atoms with E-state index in [1.807, 2.05) is 6.07 Å². The molecule has 2 saturated heterocycles. The second kappa shape index (κ2) is 8.64. The van der Waals surface area contributed by atoms with Crippen LogP contribution in [0.25, 0.3) is 0 Å². The Labute approximate surface area is 155 Å². The zero-order valence-electron chi connectivity index (χ0n) is 15.6. The van der Waals surface area contributed by atoms with E-state index >= 15 is 0 Å². The summed E-state index contributed by atoms with van der Waals surface area (Å²) in [6, 6.07) is 10.00. The fraction of sp³-hybridized carbons (Fsp3) is 0.600. The molecule has 0 aromatic heterocycles. The topological polar surface area (TPSA) is 78.7 Å². The zero-order chi connectivity index (χ0) is 18.5. The lowest BCUT2D eigenvalue weighted by molar-refractivity contribution is -0.139. The van der Waals surface area contributed by atoms with Gasteiger partial charge in [-0.3, -0.25) is 14.5 Å². The minimum Gasteiger partial charge on any atom is -0.357 e. The van der Waals surface area contributed by atoms with E-state index in [-0.39, 0.29) is 17.9 Å². The van der Waals surface area contributed by atoms with Gasteiger partial charge in [-0.15, -0.1) is 0 Å². The quantitative estimate of drug-likeness (QED) is 0.822. The van der Waals surface area contributed by atoms with Crippen molar-refractivity contribution < 1.29 is 9.59 Å². The first-order valence-corrected chi connectivity index (χ1v) is 9.59. The third kappa shape index (κ3) is 4.62. The molecule has 0 bridgehead atoms. The number of nitrogens with one attached hydrogen (secondary N) is 1. The van der Waals surface area contributed by atoms with Crippen LogP contribution in [0.15, 0.2) is 30.3 Å². The SMILES string of the molecule is CNC(=O)[C@@H]1C[C@@H](N)CN1C(=O)CC1CCN(Cc2ccccc2)CC1. The summed E-state index contributed by atoms with van der Waals surface area (Å²) < 4.78 is 0. The molecule has 2 aliphatic rings. The van der Waals surface area contributed by atoms with Gasteiger partial charge in [-0.1, -0.05) is 30.3 Å². The van der Waals surface area contributed by atoms with Crippen molar-refractivity contribution in [2.75, 3.05) is 26.7 Å². The summed E-state index contributed by atoms with van der Waals surface area (Å²) in [5, 5.41) is 2.65. The third-order valence-corrected chi connectivity index (χ3v) is 5.62. The number of piperidine rings is 1. The average Bonchev–Trinajstić information content (AvgIpc) is 3.05. The summed E-state index contributed by atoms with van der Waals surface area (Å²) in [5.41, 5.74) is 7.32. The van der Waals surface area contributed by atoms with E-state index in [0.29, 0.717) is 25.3 Å². The number of likely N-dealkylation sites (N-methyl/N-ethyl adjacent to an activating group) is 1. The van der Waals surface area contributed by atoms with Gasteiger partial charge in [-0.2, -0.15) is 0 Å². The second-order valence-corrected chi connectivity index (χ2v) is 7.58. The lowest BCUT2D eigenvalue weighted by atomic mass is 9.92. The number of benzene rings is 1. The molecule has 2 amide bonds. The first-order chi connectivity index (χ1) is 12.6. The summed E-state index contributed by atoms with van der Waals surface area (Å²) >= 11 is 0. The number of amides is 2. The van der Waals surface area contributed by atoms with Gasteiger partial charge in [0.05, 0.1) is 0 Å². The summed E-state index contributed by atoms with van der Waals surface area (Å²) in [6.07, 6.45) is 3.15. The molecule has 6 nitrogen and oxygen atoms in total. The highest BCUT2D eigenvalue weighted by Crippen LogP contribution is 2.25. The Hall–Kier alpha value is -1.92. The summed E-state index contributed by atoms with van der Waals surface area (Å²) in [6.45, 7) is 3.50. The monoisotopic (exact) mass is 358 g/mol. The highest BCUT2D eigenvalue weighted by molar-refractivity contribution is 5.88. The number of likely N-dealkylation sites (tertiary alicyclic amines) is 2. The van der Waals surface area contributed by atoms with Crippen molar-refractivity contribution in [3.05, 3.63) is 35.9 Å². The smallest absolute Gasteiger partial charge is 0.242 e. The second-order valence-electron chi connectivity index (χ2n) is 7.58. The van der Waals surface area contributed by atoms with E-state index in [9.17, 15) is 9.59 Å². The average molecular weight is 358 g/mol. The molecular weight excluding hydrogens is 328 g/mol. The Morgan fingerprint density at radius 1 is 1.19 bits per heavy atom. The fourth-order valence-corrected chi connectivity index (χ4v) is 4.11. The van der Waals surface area contributed by atoms with Crippen molar-refractivity contribution in [1.82, 2.24) is 15.1 Å². The molecule has 2 heterocycles. The molecule has 1 aromatic carbocycles. The molecule has 3 rings (SSSR count). The van der Waals surface area contributed by atoms with Crippen LogP contribution in [0.1, 0.15) is 31.2 Å². The largest absolute Gasteiger partial charge is 0.357 e. The lowest BCUT2D eigenvalue weighted by Crippen LogP contribution is -2.46. The van der Waals surface area contributed by atoms with Gasteiger partial charge >= 0.3 is 0 Å². The minimum absolute atomic E-state index is 0.0769. The van der Waals surface area contributed by atoms with Crippen molar-refractivity contribution in [1.29, 1.82) is 0 Å². The van der Waals surface area contributed by atoms with Crippen LogP contribution in [-0.2, 0) is 16.1 Å². The number of nitrogens with two attached hydrogens (primary N) is 1. The van der Waals surface area contributed by atoms with Crippen LogP contribution in [0, 0.1) is 5.92 Å². The number of hydrogen-bond acceptors (Lipinski definition) is 4. The van der Waals surface area contributed by atoms with Crippen LogP contribution in [0.2, 0.25) is 0 Å². The number of carbonyl (C=O) groups is 2. The van der Waals surface area contributed by atoms with Crippen LogP contribution >= 0.6 is 0 Å². The standard InChI is InChI=1S/C20H30N4O2/c1-22-20(26)18-12-17(21)14-24(18)19(25)11-15-7-9-23(10-8-15)13-16-5-3-2-4-6-16/h2-6,15,17-18H,7-14,21H2,1H3,(H,22,26)/t17-,18+/m1/s1. The molecule has 0 aliphatic carbocycles. The molecule has 0 spiro atoms. The maximum absolute atomic E-state index is 12.7. The van der Waals surface area contributed by atoms with E-state index in [4.69, 9.17) is 5.73 Å². The molecular formula is C20H30N4O2. The molecule has 142 valence electrons. The number of nitrogens with zero attached hydrogens (tertiary/aromatic N) is 2. The van der Waals surface area contributed by atoms with Crippen molar-refractivity contribution in [2.24, 2.45) is 11.7 Å². The van der Waals surface area contributed by atoms with E-state index in [1.54, 1.807) is 11.9 Å². The third-order valence-electron chi connectivity index (χ3n) is 5.62. The Morgan fingerprint density at radius 3 is 2.54 bits per heavy atom. The maximum atomic E-state index is 12.7. The summed E-state index contributed by atoms with van der Waals surface area (Å²) in [4.78, 5) is 28.9. The van der Waals surface area contributed by atoms with E-state index in [0.717, 1.165) is 32.5 Å². The van der Waals surface area contributed by atoms with Gasteiger partial charge < -0.3 is 16.0 Å². The Morgan fingerprint density at radius 2 is 1.88 bits per heavy atom. The highest BCUT2D eigenvalue weighted by Gasteiger charge is 2.38. The van der Waals surface area contributed by atoms with Gasteiger partial charge in [0.2, 0.25) is 11.8 Å². The van der Waals surface area contributed by atoms with Crippen molar-refractivity contribution in [3.8, 4) is 0 Å². The molecule has 1 aromatic rings. The Kier molecular flexibility index (Phi) is 6.27. The molecule has 3 N–H and O–H groups in total. The molecule has 26 heavy (non-hydrogen) atoms. The maximum Gasteiger partial charge on any atom is 0.242 e. The summed E-state index contributed by atoms with van der Waals surface area (Å²) in [7, 11) is 1.61. The predicted octanol–water partition coefficient (Wildman–Crippen LogP) is 0.963. The molecule has 2 aliphatic heterocycles. The van der Waals surface area contributed by atoms with Crippen LogP contribution in [0.4, 0.5) is 0 Å². The van der Waals surface area contributed by atoms with Crippen molar-refractivity contribution in [2.45, 2.75) is 44.3 Å². The highest BCUT2D eigenvalue weighted by atomic mass is 16.2. The molecule has 2 fully saturated rings. The van der Waals surface area contributed by atoms with E-state index < -0.39 is 6.04 Å². The van der Waals surface area contributed by atoms with Crippen LogP contribution in [0.5, 0.6) is 0 Å². The van der Waals surface area contributed by atoms with E-state index in [2.05, 4.69) is 34.5 Å². The van der Waals surface area contributed by atoms with E-state index in [1.165, 1.54) is 5.56 Å². The van der Waals surface area contributed by atoms with Crippen LogP contribution in [0.3, 0.4) is 0 Å². The van der Waals surface area contributed by atoms with Gasteiger partial charge in [0.25, 0.3) is 0 Å². The van der Waals surface area contributed by atoms with Gasteiger partial charge in [0, 0.05) is 32.6 Å². The number of rotatable bonds is 5. The predicted molar refractivity (Wildman–Crippen MR) is 101 cm³/mol. The van der Waals surface area contributed by atoms with Gasteiger partial charge in [0.1, 0.15) is 6.04 Å². The minimum atomic E-state index is -0.402. The molecule has 0 radical (unpaired) electrons. The van der Waals surface area contributed by atoms with Gasteiger partial charge in [-0.05, 0) is 43.8 Å². The molecule has 6 heteroatoms. The van der Waals surface area contributed by atoms with Crippen molar-refractivity contribution in [3.63, 3.8) is 0 Å². The molecule has 0 unspecified atom stereocenters. The normalized spacial score (nSPS) is 24.6. The van der Waals surface area contributed by atoms with Crippen LogP contribution < -0.4 is 11.1 Å². The van der Waals surface area contributed by atoms with Gasteiger partial charge in [0.15, 0.2) is 0 Å². The number of hydrogen-bond donors (Lipinski definition) is 2. The first kappa shape index (κ1) is 18.9. The summed E-state index contributed by atoms with van der Waals surface area (Å²) in [5.74, 6) is 0.369. The first-order valence-electron chi connectivity index (χ1n) is 9.59. The Bertz CT molecular complexity index is 613. The van der Waals surface area contributed by atoms with Gasteiger partial charge in [-0.25, -0.2) is 0 Å². The molecule has 2 atom stereocenters. The number of carbonyl (C=O) groups excluding carboxylic acids is 2. The Balaban J connectivity index is 1.48. The molecule has 0 saturated carbocycles.